The third-order valence-corrected chi connectivity index (χ3v) is 3.75. The van der Waals surface area contributed by atoms with Gasteiger partial charge in [-0.05, 0) is 6.07 Å². The highest BCUT2D eigenvalue weighted by atomic mass is 32.2. The van der Waals surface area contributed by atoms with E-state index in [4.69, 9.17) is 4.74 Å². The molecule has 0 fully saturated rings. The lowest BCUT2D eigenvalue weighted by molar-refractivity contribution is -0.385. The van der Waals surface area contributed by atoms with Crippen LogP contribution in [-0.2, 0) is 14.8 Å². The predicted molar refractivity (Wildman–Crippen MR) is 73.0 cm³/mol. The third-order valence-electron chi connectivity index (χ3n) is 2.48. The summed E-state index contributed by atoms with van der Waals surface area (Å²) in [7, 11) is -2.97. The van der Waals surface area contributed by atoms with Crippen LogP contribution in [-0.4, -0.2) is 26.4 Å². The van der Waals surface area contributed by atoms with E-state index in [1.807, 2.05) is 10.3 Å². The molecule has 0 aromatic heterocycles. The van der Waals surface area contributed by atoms with Crippen molar-refractivity contribution in [1.82, 2.24) is 10.3 Å². The number of amides is 1. The molecular weight excluding hydrogens is 302 g/mol. The number of nitro groups is 1. The van der Waals surface area contributed by atoms with Gasteiger partial charge in [-0.3, -0.25) is 20.3 Å². The van der Waals surface area contributed by atoms with Crippen LogP contribution < -0.4 is 15.0 Å². The Morgan fingerprint density at radius 1 is 1.38 bits per heavy atom. The summed E-state index contributed by atoms with van der Waals surface area (Å²) in [6, 6.07) is 3.13. The number of benzene rings is 1. The lowest BCUT2D eigenvalue weighted by Gasteiger charge is -2.12. The first-order chi connectivity index (χ1) is 9.69. The number of methoxy groups -OCH3 is 1. The van der Waals surface area contributed by atoms with Crippen LogP contribution in [0.15, 0.2) is 23.1 Å². The summed E-state index contributed by atoms with van der Waals surface area (Å²) < 4.78 is 29.0. The van der Waals surface area contributed by atoms with E-state index in [0.717, 1.165) is 18.2 Å². The topological polar surface area (TPSA) is 128 Å². The fraction of sp³-hybridized carbons (Fsp3) is 0.364. The number of ether oxygens (including phenoxy) is 1. The largest absolute Gasteiger partial charge is 0.495 e. The summed E-state index contributed by atoms with van der Waals surface area (Å²) in [5.74, 6) is -1.05. The third kappa shape index (κ3) is 4.13. The number of hydrogen-bond donors (Lipinski definition) is 2. The second-order valence-electron chi connectivity index (χ2n) is 4.34. The molecule has 0 bridgehead atoms. The van der Waals surface area contributed by atoms with Crippen LogP contribution in [0.4, 0.5) is 5.69 Å². The number of sulfonamides is 1. The molecular formula is C11H15N3O6S. The molecule has 0 unspecified atom stereocenters. The number of carbonyl (C=O) groups is 1. The molecule has 9 nitrogen and oxygen atoms in total. The fourth-order valence-electron chi connectivity index (χ4n) is 1.31. The van der Waals surface area contributed by atoms with Gasteiger partial charge >= 0.3 is 0 Å². The van der Waals surface area contributed by atoms with Gasteiger partial charge in [0.05, 0.1) is 12.0 Å². The number of nitrogens with one attached hydrogen (secondary N) is 2. The van der Waals surface area contributed by atoms with Crippen LogP contribution in [0.5, 0.6) is 5.75 Å². The average Bonchev–Trinajstić information content (AvgIpc) is 2.43. The minimum atomic E-state index is -4.20. The summed E-state index contributed by atoms with van der Waals surface area (Å²) in [6.45, 7) is 3.16. The van der Waals surface area contributed by atoms with Crippen molar-refractivity contribution in [2.24, 2.45) is 5.92 Å². The van der Waals surface area contributed by atoms with Gasteiger partial charge in [0.25, 0.3) is 15.7 Å². The van der Waals surface area contributed by atoms with Crippen LogP contribution in [0.25, 0.3) is 0 Å². The molecule has 1 aromatic carbocycles. The average molecular weight is 317 g/mol. The van der Waals surface area contributed by atoms with E-state index in [2.05, 4.69) is 0 Å². The minimum Gasteiger partial charge on any atom is -0.495 e. The number of non-ortho nitro benzene ring substituents is 1. The van der Waals surface area contributed by atoms with E-state index in [9.17, 15) is 23.3 Å². The smallest absolute Gasteiger partial charge is 0.271 e. The summed E-state index contributed by atoms with van der Waals surface area (Å²) in [4.78, 5) is 22.8. The van der Waals surface area contributed by atoms with Crippen LogP contribution in [0, 0.1) is 16.0 Å². The summed E-state index contributed by atoms with van der Waals surface area (Å²) >= 11 is 0. The fourth-order valence-corrected chi connectivity index (χ4v) is 2.34. The van der Waals surface area contributed by atoms with E-state index in [1.165, 1.54) is 7.11 Å². The summed E-state index contributed by atoms with van der Waals surface area (Å²) in [6.07, 6.45) is 0. The van der Waals surface area contributed by atoms with E-state index in [0.29, 0.717) is 0 Å². The Hall–Kier alpha value is -2.20. The zero-order chi connectivity index (χ0) is 16.2. The molecule has 0 heterocycles. The van der Waals surface area contributed by atoms with Crippen molar-refractivity contribution in [2.45, 2.75) is 18.7 Å². The molecule has 0 saturated heterocycles. The molecule has 1 rings (SSSR count). The van der Waals surface area contributed by atoms with Crippen molar-refractivity contribution in [1.29, 1.82) is 0 Å². The molecule has 0 spiro atoms. The summed E-state index contributed by atoms with van der Waals surface area (Å²) in [5, 5.41) is 10.7. The van der Waals surface area contributed by atoms with E-state index in [-0.39, 0.29) is 5.75 Å². The maximum Gasteiger partial charge on any atom is 0.271 e. The quantitative estimate of drug-likeness (QED) is 0.583. The second kappa shape index (κ2) is 6.50. The van der Waals surface area contributed by atoms with Crippen molar-refractivity contribution < 1.29 is 22.9 Å². The highest BCUT2D eigenvalue weighted by molar-refractivity contribution is 7.89. The predicted octanol–water partition coefficient (Wildman–Crippen LogP) is 0.569. The van der Waals surface area contributed by atoms with Gasteiger partial charge in [0.15, 0.2) is 0 Å². The Bertz CT molecular complexity index is 656. The Morgan fingerprint density at radius 2 is 2.00 bits per heavy atom. The van der Waals surface area contributed by atoms with Gasteiger partial charge in [0.2, 0.25) is 5.91 Å². The van der Waals surface area contributed by atoms with E-state index in [1.54, 1.807) is 13.8 Å². The molecule has 10 heteroatoms. The SMILES string of the molecule is COc1ccc([N+](=O)[O-])cc1S(=O)(=O)NNC(=O)C(C)C. The van der Waals surface area contributed by atoms with E-state index < -0.39 is 37.4 Å². The Balaban J connectivity index is 3.14. The lowest BCUT2D eigenvalue weighted by Crippen LogP contribution is -2.43. The molecule has 0 radical (unpaired) electrons. The number of hydrogen-bond acceptors (Lipinski definition) is 6. The zero-order valence-electron chi connectivity index (χ0n) is 11.6. The standard InChI is InChI=1S/C11H15N3O6S/c1-7(2)11(15)12-13-21(18,19)10-6-8(14(16)17)4-5-9(10)20-3/h4-7,13H,1-3H3,(H,12,15). The number of carbonyl (C=O) groups excluding carboxylic acids is 1. The minimum absolute atomic E-state index is 0.0769. The number of nitrogens with zero attached hydrogens (tertiary/aromatic N) is 1. The second-order valence-corrected chi connectivity index (χ2v) is 5.99. The summed E-state index contributed by atoms with van der Waals surface area (Å²) in [5.41, 5.74) is 1.61. The molecule has 21 heavy (non-hydrogen) atoms. The van der Waals surface area contributed by atoms with Crippen LogP contribution in [0.3, 0.4) is 0 Å². The maximum atomic E-state index is 12.1. The Labute approximate surface area is 121 Å². The van der Waals surface area contributed by atoms with Crippen molar-refractivity contribution >= 4 is 21.6 Å². The van der Waals surface area contributed by atoms with Gasteiger partial charge < -0.3 is 4.74 Å². The van der Waals surface area contributed by atoms with Gasteiger partial charge in [-0.2, -0.15) is 0 Å². The molecule has 116 valence electrons. The Kier molecular flexibility index (Phi) is 5.22. The Morgan fingerprint density at radius 3 is 2.48 bits per heavy atom. The number of nitro benzene ring substituents is 1. The van der Waals surface area contributed by atoms with Crippen LogP contribution in [0.1, 0.15) is 13.8 Å². The van der Waals surface area contributed by atoms with E-state index >= 15 is 0 Å². The van der Waals surface area contributed by atoms with Gasteiger partial charge in [-0.1, -0.05) is 13.8 Å². The van der Waals surface area contributed by atoms with Gasteiger partial charge in [0.1, 0.15) is 10.6 Å². The van der Waals surface area contributed by atoms with Crippen LogP contribution in [0.2, 0.25) is 0 Å². The molecule has 1 aromatic rings. The van der Waals surface area contributed by atoms with Gasteiger partial charge in [-0.15, -0.1) is 4.83 Å². The molecule has 2 N–H and O–H groups in total. The lowest BCUT2D eigenvalue weighted by atomic mass is 10.2. The van der Waals surface area contributed by atoms with Gasteiger partial charge in [0, 0.05) is 18.1 Å². The molecule has 1 amide bonds. The maximum absolute atomic E-state index is 12.1. The van der Waals surface area contributed by atoms with Crippen molar-refractivity contribution in [3.05, 3.63) is 28.3 Å². The van der Waals surface area contributed by atoms with Crippen molar-refractivity contribution in [3.63, 3.8) is 0 Å². The molecule has 0 saturated carbocycles. The first kappa shape index (κ1) is 16.9. The first-order valence-electron chi connectivity index (χ1n) is 5.83. The highest BCUT2D eigenvalue weighted by Gasteiger charge is 2.24. The van der Waals surface area contributed by atoms with Gasteiger partial charge in [-0.25, -0.2) is 8.42 Å². The monoisotopic (exact) mass is 317 g/mol. The number of rotatable bonds is 6. The van der Waals surface area contributed by atoms with Crippen molar-refractivity contribution in [3.8, 4) is 5.75 Å². The molecule has 0 aliphatic carbocycles. The molecule has 0 aliphatic rings. The molecule has 0 aliphatic heterocycles. The van der Waals surface area contributed by atoms with Crippen molar-refractivity contribution in [2.75, 3.05) is 7.11 Å². The first-order valence-corrected chi connectivity index (χ1v) is 7.31. The molecule has 0 atom stereocenters. The highest BCUT2D eigenvalue weighted by Crippen LogP contribution is 2.27. The van der Waals surface area contributed by atoms with Crippen LogP contribution >= 0.6 is 0 Å². The number of hydrazine groups is 1. The zero-order valence-corrected chi connectivity index (χ0v) is 12.4. The normalized spacial score (nSPS) is 11.2.